The molecule has 0 aromatic heterocycles. The zero-order chi connectivity index (χ0) is 19.7. The summed E-state index contributed by atoms with van der Waals surface area (Å²) in [7, 11) is 0.996. The molecule has 3 N–H and O–H groups in total. The highest BCUT2D eigenvalue weighted by molar-refractivity contribution is 5.96. The monoisotopic (exact) mass is 376 g/mol. The SMILES string of the molecule is COc1cc(C(F)(F)F)cc(C(F)(F)F)c1Cc1ccccc1C(=N)N. The van der Waals surface area contributed by atoms with Crippen LogP contribution in [0.1, 0.15) is 27.8 Å². The van der Waals surface area contributed by atoms with Crippen LogP contribution in [-0.4, -0.2) is 12.9 Å². The number of nitrogens with one attached hydrogen (secondary N) is 1. The molecule has 3 nitrogen and oxygen atoms in total. The number of nitrogens with two attached hydrogens (primary N) is 1. The maximum Gasteiger partial charge on any atom is 0.416 e. The molecule has 0 bridgehead atoms. The van der Waals surface area contributed by atoms with Gasteiger partial charge in [0.15, 0.2) is 0 Å². The van der Waals surface area contributed by atoms with Crippen molar-refractivity contribution < 1.29 is 31.1 Å². The Labute approximate surface area is 144 Å². The summed E-state index contributed by atoms with van der Waals surface area (Å²) in [4.78, 5) is 0. The normalized spacial score (nSPS) is 12.1. The second-order valence-corrected chi connectivity index (χ2v) is 5.45. The molecule has 26 heavy (non-hydrogen) atoms. The van der Waals surface area contributed by atoms with E-state index in [1.165, 1.54) is 18.2 Å². The van der Waals surface area contributed by atoms with Gasteiger partial charge in [-0.3, -0.25) is 5.41 Å². The van der Waals surface area contributed by atoms with E-state index in [1.54, 1.807) is 6.07 Å². The number of nitrogen functional groups attached to an aromatic ring is 1. The quantitative estimate of drug-likeness (QED) is 0.465. The summed E-state index contributed by atoms with van der Waals surface area (Å²) >= 11 is 0. The minimum Gasteiger partial charge on any atom is -0.496 e. The molecule has 2 rings (SSSR count). The Hall–Kier alpha value is -2.71. The molecule has 0 aliphatic heterocycles. The van der Waals surface area contributed by atoms with Gasteiger partial charge in [0.05, 0.1) is 18.2 Å². The van der Waals surface area contributed by atoms with Gasteiger partial charge in [-0.15, -0.1) is 0 Å². The van der Waals surface area contributed by atoms with Crippen LogP contribution in [0, 0.1) is 5.41 Å². The summed E-state index contributed by atoms with van der Waals surface area (Å²) in [6.45, 7) is 0. The third-order valence-electron chi connectivity index (χ3n) is 3.74. The van der Waals surface area contributed by atoms with Crippen LogP contribution >= 0.6 is 0 Å². The third kappa shape index (κ3) is 4.09. The Balaban J connectivity index is 2.70. The molecule has 2 aromatic carbocycles. The first kappa shape index (κ1) is 19.6. The number of amidine groups is 1. The standard InChI is InChI=1S/C17H14F6N2O/c1-26-14-8-10(16(18,19)20)7-13(17(21,22)23)12(14)6-9-4-2-3-5-11(9)15(24)25/h2-5,7-8H,6H2,1H3,(H3,24,25). The molecule has 0 heterocycles. The van der Waals surface area contributed by atoms with Crippen molar-refractivity contribution in [1.29, 1.82) is 5.41 Å². The van der Waals surface area contributed by atoms with E-state index in [0.717, 1.165) is 7.11 Å². The molecule has 0 saturated heterocycles. The first-order valence-electron chi connectivity index (χ1n) is 7.22. The summed E-state index contributed by atoms with van der Waals surface area (Å²) in [6, 6.07) is 6.57. The molecule has 0 unspecified atom stereocenters. The van der Waals surface area contributed by atoms with Crippen LogP contribution in [0.2, 0.25) is 0 Å². The minimum atomic E-state index is -5.02. The van der Waals surface area contributed by atoms with Gasteiger partial charge in [-0.2, -0.15) is 26.3 Å². The number of methoxy groups -OCH3 is 1. The van der Waals surface area contributed by atoms with Crippen molar-refractivity contribution >= 4 is 5.84 Å². The van der Waals surface area contributed by atoms with Crippen LogP contribution in [0.15, 0.2) is 36.4 Å². The van der Waals surface area contributed by atoms with Gasteiger partial charge in [0, 0.05) is 17.5 Å². The Morgan fingerprint density at radius 1 is 1.04 bits per heavy atom. The largest absolute Gasteiger partial charge is 0.496 e. The van der Waals surface area contributed by atoms with E-state index >= 15 is 0 Å². The van der Waals surface area contributed by atoms with E-state index in [2.05, 4.69) is 0 Å². The first-order chi connectivity index (χ1) is 11.9. The van der Waals surface area contributed by atoms with Gasteiger partial charge in [-0.25, -0.2) is 0 Å². The van der Waals surface area contributed by atoms with Crippen LogP contribution in [-0.2, 0) is 18.8 Å². The average molecular weight is 376 g/mol. The second-order valence-electron chi connectivity index (χ2n) is 5.45. The van der Waals surface area contributed by atoms with Gasteiger partial charge in [0.1, 0.15) is 11.6 Å². The highest BCUT2D eigenvalue weighted by Gasteiger charge is 2.40. The van der Waals surface area contributed by atoms with Crippen molar-refractivity contribution in [3.05, 3.63) is 64.2 Å². The van der Waals surface area contributed by atoms with Crippen molar-refractivity contribution in [1.82, 2.24) is 0 Å². The zero-order valence-corrected chi connectivity index (χ0v) is 13.4. The molecule has 0 fully saturated rings. The number of rotatable bonds is 4. The van der Waals surface area contributed by atoms with E-state index in [-0.39, 0.29) is 23.0 Å². The number of benzene rings is 2. The maximum atomic E-state index is 13.4. The fraction of sp³-hybridized carbons (Fsp3) is 0.235. The highest BCUT2D eigenvalue weighted by Crippen LogP contribution is 2.42. The topological polar surface area (TPSA) is 59.1 Å². The minimum absolute atomic E-state index is 0.0637. The summed E-state index contributed by atoms with van der Waals surface area (Å²) in [5.74, 6) is -0.898. The first-order valence-corrected chi connectivity index (χ1v) is 7.22. The van der Waals surface area contributed by atoms with E-state index < -0.39 is 41.2 Å². The van der Waals surface area contributed by atoms with Crippen LogP contribution in [0.3, 0.4) is 0 Å². The fourth-order valence-corrected chi connectivity index (χ4v) is 2.55. The van der Waals surface area contributed by atoms with Crippen LogP contribution in [0.4, 0.5) is 26.3 Å². The smallest absolute Gasteiger partial charge is 0.416 e. The van der Waals surface area contributed by atoms with E-state index in [0.29, 0.717) is 6.07 Å². The van der Waals surface area contributed by atoms with Gasteiger partial charge >= 0.3 is 12.4 Å². The average Bonchev–Trinajstić information content (AvgIpc) is 2.53. The Morgan fingerprint density at radius 2 is 1.65 bits per heavy atom. The molecule has 140 valence electrons. The Kier molecular flexibility index (Phi) is 5.20. The van der Waals surface area contributed by atoms with Crippen LogP contribution in [0.25, 0.3) is 0 Å². The van der Waals surface area contributed by atoms with E-state index in [1.807, 2.05) is 0 Å². The van der Waals surface area contributed by atoms with Crippen molar-refractivity contribution in [3.63, 3.8) is 0 Å². The molecule has 0 aliphatic carbocycles. The molecule has 0 saturated carbocycles. The molecule has 0 radical (unpaired) electrons. The molecule has 0 atom stereocenters. The van der Waals surface area contributed by atoms with Gasteiger partial charge in [-0.05, 0) is 17.7 Å². The lowest BCUT2D eigenvalue weighted by Gasteiger charge is -2.20. The summed E-state index contributed by atoms with van der Waals surface area (Å²) in [5, 5.41) is 7.51. The van der Waals surface area contributed by atoms with Gasteiger partial charge in [0.25, 0.3) is 0 Å². The molecular weight excluding hydrogens is 362 g/mol. The second kappa shape index (κ2) is 6.89. The predicted molar refractivity (Wildman–Crippen MR) is 83.3 cm³/mol. The van der Waals surface area contributed by atoms with Crippen molar-refractivity contribution in [3.8, 4) is 5.75 Å². The van der Waals surface area contributed by atoms with Crippen molar-refractivity contribution in [2.45, 2.75) is 18.8 Å². The zero-order valence-electron chi connectivity index (χ0n) is 13.4. The number of halogens is 6. The number of hydrogen-bond acceptors (Lipinski definition) is 2. The number of ether oxygens (including phenoxy) is 1. The van der Waals surface area contributed by atoms with Gasteiger partial charge in [-0.1, -0.05) is 24.3 Å². The molecule has 2 aromatic rings. The number of alkyl halides is 6. The van der Waals surface area contributed by atoms with Crippen molar-refractivity contribution in [2.24, 2.45) is 5.73 Å². The fourth-order valence-electron chi connectivity index (χ4n) is 2.55. The Bertz CT molecular complexity index is 827. The maximum absolute atomic E-state index is 13.4. The number of hydrogen-bond donors (Lipinski definition) is 2. The summed E-state index contributed by atoms with van der Waals surface area (Å²) in [5.41, 5.74) is 2.54. The highest BCUT2D eigenvalue weighted by atomic mass is 19.4. The van der Waals surface area contributed by atoms with E-state index in [4.69, 9.17) is 15.9 Å². The summed E-state index contributed by atoms with van der Waals surface area (Å²) < 4.78 is 83.8. The predicted octanol–water partition coefficient (Wildman–Crippen LogP) is 4.61. The third-order valence-corrected chi connectivity index (χ3v) is 3.74. The molecular formula is C17H14F6N2O. The van der Waals surface area contributed by atoms with Gasteiger partial charge in [0.2, 0.25) is 0 Å². The van der Waals surface area contributed by atoms with Crippen LogP contribution < -0.4 is 10.5 Å². The lowest BCUT2D eigenvalue weighted by Crippen LogP contribution is -2.17. The van der Waals surface area contributed by atoms with E-state index in [9.17, 15) is 26.3 Å². The summed E-state index contributed by atoms with van der Waals surface area (Å²) in [6.07, 6.45) is -10.4. The molecule has 0 aliphatic rings. The van der Waals surface area contributed by atoms with Crippen molar-refractivity contribution in [2.75, 3.05) is 7.11 Å². The lowest BCUT2D eigenvalue weighted by atomic mass is 9.93. The van der Waals surface area contributed by atoms with Crippen LogP contribution in [0.5, 0.6) is 5.75 Å². The molecule has 9 heteroatoms. The van der Waals surface area contributed by atoms with Gasteiger partial charge < -0.3 is 10.5 Å². The molecule has 0 spiro atoms. The lowest BCUT2D eigenvalue weighted by molar-refractivity contribution is -0.143. The molecule has 0 amide bonds. The Morgan fingerprint density at radius 3 is 2.15 bits per heavy atom.